The average Bonchev–Trinajstić information content (AvgIpc) is 2.83. The summed E-state index contributed by atoms with van der Waals surface area (Å²) >= 11 is 0. The van der Waals surface area contributed by atoms with Crippen molar-refractivity contribution in [3.63, 3.8) is 0 Å². The Morgan fingerprint density at radius 2 is 2.12 bits per heavy atom. The molecule has 0 radical (unpaired) electrons. The molecule has 25 heavy (non-hydrogen) atoms. The van der Waals surface area contributed by atoms with Crippen LogP contribution in [-0.4, -0.2) is 24.9 Å². The number of hydrogen-bond acceptors (Lipinski definition) is 5. The molecule has 3 rings (SSSR count). The normalized spacial score (nSPS) is 24.6. The molecule has 0 amide bonds. The first kappa shape index (κ1) is 17.9. The minimum Gasteiger partial charge on any atom is -0.368 e. The highest BCUT2D eigenvalue weighted by atomic mass is 32.2. The molecule has 1 aliphatic heterocycles. The maximum absolute atomic E-state index is 12.9. The zero-order valence-electron chi connectivity index (χ0n) is 14.7. The molecule has 0 aliphatic carbocycles. The van der Waals surface area contributed by atoms with Gasteiger partial charge >= 0.3 is 0 Å². The van der Waals surface area contributed by atoms with Crippen molar-refractivity contribution in [1.29, 1.82) is 4.78 Å². The lowest BCUT2D eigenvalue weighted by Gasteiger charge is -2.21. The lowest BCUT2D eigenvalue weighted by Crippen LogP contribution is -2.36. The monoisotopic (exact) mass is 363 g/mol. The molecule has 0 bridgehead atoms. The molecule has 3 atom stereocenters. The van der Waals surface area contributed by atoms with E-state index < -0.39 is 16.1 Å². The van der Waals surface area contributed by atoms with Crippen LogP contribution in [-0.2, 0) is 23.4 Å². The van der Waals surface area contributed by atoms with Crippen LogP contribution in [0.25, 0.3) is 0 Å². The molecule has 2 unspecified atom stereocenters. The number of fused-ring (bicyclic) bond motifs is 1. The van der Waals surface area contributed by atoms with E-state index in [-0.39, 0.29) is 12.0 Å². The highest BCUT2D eigenvalue weighted by Gasteiger charge is 2.31. The van der Waals surface area contributed by atoms with Gasteiger partial charge in [-0.3, -0.25) is 4.98 Å². The molecule has 8 heteroatoms. The molecule has 2 aromatic rings. The Morgan fingerprint density at radius 3 is 2.76 bits per heavy atom. The topological polar surface area (TPSA) is 103 Å². The molecule has 0 saturated heterocycles. The third-order valence-electron chi connectivity index (χ3n) is 4.68. The maximum atomic E-state index is 12.9. The lowest BCUT2D eigenvalue weighted by atomic mass is 9.97. The Labute approximate surface area is 148 Å². The standard InChI is InChI=1S/C17H25N5O2S/c1-11(2)14-5-4-13-15(25(18,24)21-14)10-22(3)16(13)17(23)20-12-6-8-19-9-7-12/h6-11,14,17,23H,4-5H2,1-3H3,(H,19,20)(H2,18,21,24)/t14-,17?,25?/m0/s1. The van der Waals surface area contributed by atoms with E-state index in [1.165, 1.54) is 0 Å². The molecule has 0 fully saturated rings. The quantitative estimate of drug-likeness (QED) is 0.626. The Bertz CT molecular complexity index is 845. The summed E-state index contributed by atoms with van der Waals surface area (Å²) in [6.45, 7) is 4.12. The van der Waals surface area contributed by atoms with Crippen LogP contribution in [0.3, 0.4) is 0 Å². The number of anilines is 1. The van der Waals surface area contributed by atoms with Crippen LogP contribution in [0.1, 0.15) is 37.8 Å². The van der Waals surface area contributed by atoms with Crippen LogP contribution in [0, 0.1) is 10.7 Å². The Morgan fingerprint density at radius 1 is 1.44 bits per heavy atom. The minimum atomic E-state index is -3.10. The minimum absolute atomic E-state index is 0.0147. The maximum Gasteiger partial charge on any atom is 0.166 e. The molecule has 136 valence electrons. The number of pyridine rings is 1. The molecule has 4 N–H and O–H groups in total. The van der Waals surface area contributed by atoms with Gasteiger partial charge in [0.25, 0.3) is 0 Å². The first-order valence-electron chi connectivity index (χ1n) is 8.38. The van der Waals surface area contributed by atoms with Crippen LogP contribution in [0.15, 0.2) is 35.6 Å². The van der Waals surface area contributed by atoms with E-state index in [1.807, 2.05) is 0 Å². The number of nitrogens with zero attached hydrogens (tertiary/aromatic N) is 2. The van der Waals surface area contributed by atoms with Crippen molar-refractivity contribution in [1.82, 2.24) is 14.3 Å². The SMILES string of the molecule is CC(C)[C@@H]1CCc2c(cn(C)c2C(O)Nc2ccncc2)S(=N)(=O)N1. The second-order valence-electron chi connectivity index (χ2n) is 6.81. The number of aliphatic hydroxyl groups excluding tert-OH is 1. The van der Waals surface area contributed by atoms with E-state index in [9.17, 15) is 9.32 Å². The third kappa shape index (κ3) is 3.56. The van der Waals surface area contributed by atoms with Gasteiger partial charge in [-0.2, -0.15) is 0 Å². The van der Waals surface area contributed by atoms with Crippen molar-refractivity contribution in [2.75, 3.05) is 5.32 Å². The highest BCUT2D eigenvalue weighted by Crippen LogP contribution is 2.32. The van der Waals surface area contributed by atoms with Crippen molar-refractivity contribution >= 4 is 15.6 Å². The first-order valence-corrected chi connectivity index (χ1v) is 9.94. The predicted octanol–water partition coefficient (Wildman–Crippen LogP) is 2.40. The summed E-state index contributed by atoms with van der Waals surface area (Å²) in [6.07, 6.45) is 5.49. The number of rotatable bonds is 4. The molecular formula is C17H25N5O2S. The van der Waals surface area contributed by atoms with Gasteiger partial charge in [0.1, 0.15) is 9.92 Å². The fourth-order valence-electron chi connectivity index (χ4n) is 3.30. The molecule has 3 heterocycles. The van der Waals surface area contributed by atoms with Gasteiger partial charge in [0.05, 0.1) is 10.6 Å². The summed E-state index contributed by atoms with van der Waals surface area (Å²) in [7, 11) is -1.30. The van der Waals surface area contributed by atoms with E-state index >= 15 is 0 Å². The van der Waals surface area contributed by atoms with Gasteiger partial charge in [0.15, 0.2) is 6.23 Å². The number of aliphatic hydroxyl groups is 1. The van der Waals surface area contributed by atoms with Gasteiger partial charge in [-0.15, -0.1) is 0 Å². The summed E-state index contributed by atoms with van der Waals surface area (Å²) < 4.78 is 26.0. The van der Waals surface area contributed by atoms with Crippen molar-refractivity contribution in [3.05, 3.63) is 42.0 Å². The number of aryl methyl sites for hydroxylation is 1. The second kappa shape index (κ2) is 6.78. The summed E-state index contributed by atoms with van der Waals surface area (Å²) in [5.74, 6) is 0.284. The lowest BCUT2D eigenvalue weighted by molar-refractivity contribution is 0.198. The summed E-state index contributed by atoms with van der Waals surface area (Å²) in [5.41, 5.74) is 2.20. The van der Waals surface area contributed by atoms with Gasteiger partial charge < -0.3 is 15.0 Å². The smallest absolute Gasteiger partial charge is 0.166 e. The Hall–Kier alpha value is -1.90. The van der Waals surface area contributed by atoms with Crippen LogP contribution < -0.4 is 10.0 Å². The van der Waals surface area contributed by atoms with Crippen molar-refractivity contribution in [2.45, 2.75) is 43.9 Å². The van der Waals surface area contributed by atoms with Gasteiger partial charge in [-0.05, 0) is 36.5 Å². The zero-order chi connectivity index (χ0) is 18.2. The number of hydrogen-bond donors (Lipinski definition) is 4. The number of aromatic nitrogens is 2. The molecule has 0 saturated carbocycles. The fourth-order valence-corrected chi connectivity index (χ4v) is 5.10. The van der Waals surface area contributed by atoms with Gasteiger partial charge in [0.2, 0.25) is 0 Å². The fraction of sp³-hybridized carbons (Fsp3) is 0.471. The predicted molar refractivity (Wildman–Crippen MR) is 97.4 cm³/mol. The molecule has 1 aliphatic rings. The van der Waals surface area contributed by atoms with Crippen LogP contribution >= 0.6 is 0 Å². The highest BCUT2D eigenvalue weighted by molar-refractivity contribution is 7.90. The molecule has 0 spiro atoms. The average molecular weight is 363 g/mol. The molecular weight excluding hydrogens is 338 g/mol. The van der Waals surface area contributed by atoms with Crippen molar-refractivity contribution in [2.24, 2.45) is 13.0 Å². The summed E-state index contributed by atoms with van der Waals surface area (Å²) in [5, 5.41) is 13.7. The van der Waals surface area contributed by atoms with E-state index in [1.54, 1.807) is 42.3 Å². The van der Waals surface area contributed by atoms with Gasteiger partial charge in [-0.25, -0.2) is 13.7 Å². The zero-order valence-corrected chi connectivity index (χ0v) is 15.5. The summed E-state index contributed by atoms with van der Waals surface area (Å²) in [4.78, 5) is 4.44. The third-order valence-corrected chi connectivity index (χ3v) is 6.28. The summed E-state index contributed by atoms with van der Waals surface area (Å²) in [6, 6.07) is 3.56. The van der Waals surface area contributed by atoms with Crippen molar-refractivity contribution in [3.8, 4) is 0 Å². The van der Waals surface area contributed by atoms with E-state index in [0.717, 1.165) is 17.7 Å². The first-order chi connectivity index (χ1) is 11.8. The Balaban J connectivity index is 1.97. The van der Waals surface area contributed by atoms with Gasteiger partial charge in [0, 0.05) is 37.4 Å². The molecule has 0 aromatic carbocycles. The van der Waals surface area contributed by atoms with Crippen molar-refractivity contribution < 1.29 is 9.32 Å². The second-order valence-corrected chi connectivity index (χ2v) is 8.60. The van der Waals surface area contributed by atoms with Crippen LogP contribution in [0.2, 0.25) is 0 Å². The van der Waals surface area contributed by atoms with E-state index in [2.05, 4.69) is 28.9 Å². The largest absolute Gasteiger partial charge is 0.368 e. The van der Waals surface area contributed by atoms with Gasteiger partial charge in [-0.1, -0.05) is 13.8 Å². The van der Waals surface area contributed by atoms with Crippen LogP contribution in [0.5, 0.6) is 0 Å². The van der Waals surface area contributed by atoms with E-state index in [4.69, 9.17) is 4.78 Å². The Kier molecular flexibility index (Phi) is 4.86. The van der Waals surface area contributed by atoms with Crippen LogP contribution in [0.4, 0.5) is 5.69 Å². The number of nitrogens with one attached hydrogen (secondary N) is 3. The molecule has 2 aromatic heterocycles. The van der Waals surface area contributed by atoms with E-state index in [0.29, 0.717) is 17.0 Å². The molecule has 7 nitrogen and oxygen atoms in total.